The van der Waals surface area contributed by atoms with E-state index >= 15 is 0 Å². The summed E-state index contributed by atoms with van der Waals surface area (Å²) in [7, 11) is 0. The van der Waals surface area contributed by atoms with Gasteiger partial charge in [-0.2, -0.15) is 0 Å². The van der Waals surface area contributed by atoms with Crippen LogP contribution in [-0.2, 0) is 0 Å². The van der Waals surface area contributed by atoms with E-state index < -0.39 is 11.9 Å². The topological polar surface area (TPSA) is 111 Å². The standard InChI is InChI=1S/C14H11N3O4.ClH/c18-13(19)9-3-1-5-11(7-9)15-17-16-12-6-2-4-10(8-12)14(20)21;/h1-8H,(H,15,16)(H,18,19)(H,20,21);1H. The molecule has 0 bridgehead atoms. The number of rotatable bonds is 5. The Balaban J connectivity index is 0.00000242. The van der Waals surface area contributed by atoms with Crippen molar-refractivity contribution in [2.45, 2.75) is 0 Å². The number of benzene rings is 2. The molecule has 0 aliphatic rings. The Morgan fingerprint density at radius 2 is 1.50 bits per heavy atom. The van der Waals surface area contributed by atoms with Crippen molar-refractivity contribution < 1.29 is 19.8 Å². The van der Waals surface area contributed by atoms with Crippen molar-refractivity contribution in [1.29, 1.82) is 0 Å². The smallest absolute Gasteiger partial charge is 0.335 e. The van der Waals surface area contributed by atoms with Gasteiger partial charge in [0, 0.05) is 0 Å². The zero-order chi connectivity index (χ0) is 15.2. The SMILES string of the molecule is Cl.O=C(O)c1cccc(N=NNc2cccc(C(=O)O)c2)c1. The highest BCUT2D eigenvalue weighted by atomic mass is 35.5. The highest BCUT2D eigenvalue weighted by Crippen LogP contribution is 2.16. The molecule has 0 saturated carbocycles. The number of hydrogen-bond acceptors (Lipinski definition) is 4. The van der Waals surface area contributed by atoms with E-state index in [1.807, 2.05) is 0 Å². The Labute approximate surface area is 131 Å². The Hall–Kier alpha value is -2.93. The van der Waals surface area contributed by atoms with Gasteiger partial charge in [-0.1, -0.05) is 17.4 Å². The zero-order valence-corrected chi connectivity index (χ0v) is 11.9. The number of anilines is 1. The summed E-state index contributed by atoms with van der Waals surface area (Å²) in [5.41, 5.74) is 3.66. The van der Waals surface area contributed by atoms with E-state index in [2.05, 4.69) is 15.8 Å². The number of carboxylic acid groups (broad SMARTS) is 2. The average Bonchev–Trinajstić information content (AvgIpc) is 2.48. The van der Waals surface area contributed by atoms with Crippen molar-refractivity contribution in [3.8, 4) is 0 Å². The number of nitrogens with zero attached hydrogens (tertiary/aromatic N) is 2. The third-order valence-corrected chi connectivity index (χ3v) is 2.55. The monoisotopic (exact) mass is 321 g/mol. The number of aromatic carboxylic acids is 2. The first-order valence-corrected chi connectivity index (χ1v) is 5.90. The largest absolute Gasteiger partial charge is 0.478 e. The van der Waals surface area contributed by atoms with Crippen LogP contribution in [0.1, 0.15) is 20.7 Å². The van der Waals surface area contributed by atoms with Gasteiger partial charge in [-0.05, 0) is 36.4 Å². The molecule has 0 saturated heterocycles. The van der Waals surface area contributed by atoms with Gasteiger partial charge in [0.05, 0.1) is 22.5 Å². The first kappa shape index (κ1) is 17.1. The molecule has 0 heterocycles. The molecular weight excluding hydrogens is 310 g/mol. The minimum Gasteiger partial charge on any atom is -0.478 e. The summed E-state index contributed by atoms with van der Waals surface area (Å²) in [6.45, 7) is 0. The fraction of sp³-hybridized carbons (Fsp3) is 0. The van der Waals surface area contributed by atoms with E-state index in [0.717, 1.165) is 0 Å². The maximum absolute atomic E-state index is 10.8. The van der Waals surface area contributed by atoms with Gasteiger partial charge in [-0.25, -0.2) is 9.59 Å². The lowest BCUT2D eigenvalue weighted by molar-refractivity contribution is 0.0686. The molecule has 0 fully saturated rings. The van der Waals surface area contributed by atoms with Gasteiger partial charge in [-0.15, -0.1) is 17.5 Å². The molecule has 2 rings (SSSR count). The van der Waals surface area contributed by atoms with Crippen LogP contribution in [0.25, 0.3) is 0 Å². The molecule has 0 aliphatic heterocycles. The Morgan fingerprint density at radius 3 is 2.14 bits per heavy atom. The molecule has 0 unspecified atom stereocenters. The predicted molar refractivity (Wildman–Crippen MR) is 82.2 cm³/mol. The lowest BCUT2D eigenvalue weighted by Crippen LogP contribution is -1.97. The Morgan fingerprint density at radius 1 is 0.909 bits per heavy atom. The first-order valence-electron chi connectivity index (χ1n) is 5.90. The second-order valence-corrected chi connectivity index (χ2v) is 4.05. The van der Waals surface area contributed by atoms with E-state index in [9.17, 15) is 9.59 Å². The summed E-state index contributed by atoms with van der Waals surface area (Å²) < 4.78 is 0. The molecule has 22 heavy (non-hydrogen) atoms. The predicted octanol–water partition coefficient (Wildman–Crippen LogP) is 3.62. The van der Waals surface area contributed by atoms with Crippen molar-refractivity contribution >= 4 is 35.7 Å². The van der Waals surface area contributed by atoms with Gasteiger partial charge in [0.1, 0.15) is 0 Å². The Bertz CT molecular complexity index is 719. The fourth-order valence-electron chi connectivity index (χ4n) is 1.56. The molecule has 2 aromatic carbocycles. The second kappa shape index (κ2) is 7.75. The molecule has 0 amide bonds. The lowest BCUT2D eigenvalue weighted by Gasteiger charge is -2.00. The summed E-state index contributed by atoms with van der Waals surface area (Å²) in [5.74, 6) is -2.08. The highest BCUT2D eigenvalue weighted by Gasteiger charge is 2.03. The lowest BCUT2D eigenvalue weighted by atomic mass is 10.2. The molecule has 0 radical (unpaired) electrons. The first-order chi connectivity index (χ1) is 10.1. The van der Waals surface area contributed by atoms with Gasteiger partial charge in [-0.3, -0.25) is 5.43 Å². The summed E-state index contributed by atoms with van der Waals surface area (Å²) in [6, 6.07) is 12.1. The van der Waals surface area contributed by atoms with Crippen LogP contribution in [0.15, 0.2) is 58.9 Å². The summed E-state index contributed by atoms with van der Waals surface area (Å²) in [4.78, 5) is 21.6. The van der Waals surface area contributed by atoms with Crippen molar-refractivity contribution in [2.24, 2.45) is 10.3 Å². The molecule has 8 heteroatoms. The Kier molecular flexibility index (Phi) is 6.03. The van der Waals surface area contributed by atoms with Crippen LogP contribution in [0.5, 0.6) is 0 Å². The quantitative estimate of drug-likeness (QED) is 0.575. The number of hydrogen-bond donors (Lipinski definition) is 3. The molecule has 2 aromatic rings. The average molecular weight is 322 g/mol. The van der Waals surface area contributed by atoms with Crippen molar-refractivity contribution in [3.63, 3.8) is 0 Å². The minimum atomic E-state index is -1.05. The molecule has 114 valence electrons. The molecule has 7 nitrogen and oxygen atoms in total. The van der Waals surface area contributed by atoms with E-state index in [0.29, 0.717) is 11.4 Å². The van der Waals surface area contributed by atoms with Crippen LogP contribution in [0, 0.1) is 0 Å². The van der Waals surface area contributed by atoms with E-state index in [1.54, 1.807) is 24.3 Å². The van der Waals surface area contributed by atoms with E-state index in [-0.39, 0.29) is 23.5 Å². The summed E-state index contributed by atoms with van der Waals surface area (Å²) in [5, 5.41) is 25.2. The maximum Gasteiger partial charge on any atom is 0.335 e. The molecule has 0 spiro atoms. The third-order valence-electron chi connectivity index (χ3n) is 2.55. The van der Waals surface area contributed by atoms with Crippen LogP contribution in [0.3, 0.4) is 0 Å². The number of carbonyl (C=O) groups is 2. The van der Waals surface area contributed by atoms with Crippen LogP contribution in [0.2, 0.25) is 0 Å². The second-order valence-electron chi connectivity index (χ2n) is 4.05. The highest BCUT2D eigenvalue weighted by molar-refractivity contribution is 5.89. The minimum absolute atomic E-state index is 0. The van der Waals surface area contributed by atoms with Crippen molar-refractivity contribution in [3.05, 3.63) is 59.7 Å². The maximum atomic E-state index is 10.8. The van der Waals surface area contributed by atoms with Gasteiger partial charge in [0.15, 0.2) is 0 Å². The number of carboxylic acids is 2. The normalized spacial score (nSPS) is 10.0. The van der Waals surface area contributed by atoms with Gasteiger partial charge in [0.25, 0.3) is 0 Å². The zero-order valence-electron chi connectivity index (χ0n) is 11.1. The third kappa shape index (κ3) is 4.57. The molecular formula is C14H12ClN3O4. The number of halogens is 1. The van der Waals surface area contributed by atoms with E-state index in [1.165, 1.54) is 24.3 Å². The summed E-state index contributed by atoms with van der Waals surface area (Å²) in [6.07, 6.45) is 0. The van der Waals surface area contributed by atoms with E-state index in [4.69, 9.17) is 10.2 Å². The molecule has 0 aliphatic carbocycles. The van der Waals surface area contributed by atoms with Crippen molar-refractivity contribution in [1.82, 2.24) is 0 Å². The van der Waals surface area contributed by atoms with Gasteiger partial charge in [0.2, 0.25) is 0 Å². The molecule has 3 N–H and O–H groups in total. The van der Waals surface area contributed by atoms with Gasteiger partial charge < -0.3 is 10.2 Å². The number of nitrogens with one attached hydrogen (secondary N) is 1. The fourth-order valence-corrected chi connectivity index (χ4v) is 1.56. The van der Waals surface area contributed by atoms with Gasteiger partial charge >= 0.3 is 11.9 Å². The van der Waals surface area contributed by atoms with Crippen LogP contribution >= 0.6 is 12.4 Å². The molecule has 0 aromatic heterocycles. The summed E-state index contributed by atoms with van der Waals surface area (Å²) >= 11 is 0. The van der Waals surface area contributed by atoms with Crippen LogP contribution in [-0.4, -0.2) is 22.2 Å². The van der Waals surface area contributed by atoms with Crippen molar-refractivity contribution in [2.75, 3.05) is 5.43 Å². The van der Waals surface area contributed by atoms with Crippen LogP contribution in [0.4, 0.5) is 11.4 Å². The van der Waals surface area contributed by atoms with Crippen LogP contribution < -0.4 is 5.43 Å². The molecule has 0 atom stereocenters.